The summed E-state index contributed by atoms with van der Waals surface area (Å²) < 4.78 is 14.6. The van der Waals surface area contributed by atoms with E-state index < -0.39 is 11.9 Å². The lowest BCUT2D eigenvalue weighted by atomic mass is 10.1. The quantitative estimate of drug-likeness (QED) is 0.795. The van der Waals surface area contributed by atoms with Gasteiger partial charge in [0.25, 0.3) is 0 Å². The smallest absolute Gasteiger partial charge is 0.141 e. The summed E-state index contributed by atoms with van der Waals surface area (Å²) in [5.41, 5.74) is 2.27. The van der Waals surface area contributed by atoms with Gasteiger partial charge in [-0.05, 0) is 18.2 Å². The summed E-state index contributed by atoms with van der Waals surface area (Å²) in [5.74, 6) is -0.413. The molecule has 0 bridgehead atoms. The molecule has 1 unspecified atom stereocenters. The highest BCUT2D eigenvalue weighted by molar-refractivity contribution is 5.81. The maximum atomic E-state index is 12.8. The van der Waals surface area contributed by atoms with E-state index in [1.165, 1.54) is 12.1 Å². The Morgan fingerprint density at radius 1 is 1.25 bits per heavy atom. The van der Waals surface area contributed by atoms with Crippen LogP contribution in [0, 0.1) is 5.82 Å². The Hall–Kier alpha value is -2.27. The second-order valence-electron chi connectivity index (χ2n) is 4.71. The van der Waals surface area contributed by atoms with E-state index in [1.807, 2.05) is 31.3 Å². The highest BCUT2D eigenvalue weighted by Crippen LogP contribution is 2.22. The van der Waals surface area contributed by atoms with Crippen LogP contribution < -0.4 is 0 Å². The van der Waals surface area contributed by atoms with Gasteiger partial charge < -0.3 is 5.11 Å². The van der Waals surface area contributed by atoms with Crippen molar-refractivity contribution in [3.05, 3.63) is 59.8 Å². The van der Waals surface area contributed by atoms with E-state index in [1.54, 1.807) is 4.68 Å². The van der Waals surface area contributed by atoms with Crippen molar-refractivity contribution in [2.24, 2.45) is 7.05 Å². The number of pyridine rings is 1. The minimum atomic E-state index is -0.797. The van der Waals surface area contributed by atoms with Crippen LogP contribution in [0.2, 0.25) is 0 Å². The van der Waals surface area contributed by atoms with Crippen molar-refractivity contribution in [3.8, 4) is 0 Å². The van der Waals surface area contributed by atoms with E-state index in [0.29, 0.717) is 12.1 Å². The van der Waals surface area contributed by atoms with Gasteiger partial charge in [0.2, 0.25) is 0 Å². The van der Waals surface area contributed by atoms with Gasteiger partial charge in [0.15, 0.2) is 0 Å². The van der Waals surface area contributed by atoms with Crippen molar-refractivity contribution < 1.29 is 9.50 Å². The Kier molecular flexibility index (Phi) is 3.20. The van der Waals surface area contributed by atoms with Crippen LogP contribution in [-0.4, -0.2) is 19.9 Å². The number of nitrogens with zero attached hydrogens (tertiary/aromatic N) is 3. The Bertz CT molecular complexity index is 736. The van der Waals surface area contributed by atoms with Gasteiger partial charge in [0.1, 0.15) is 11.9 Å². The van der Waals surface area contributed by atoms with E-state index in [0.717, 1.165) is 22.8 Å². The number of hydrogen-bond donors (Lipinski definition) is 1. The number of rotatable bonds is 3. The fourth-order valence-corrected chi connectivity index (χ4v) is 2.31. The number of fused-ring (bicyclic) bond motifs is 1. The normalized spacial score (nSPS) is 12.8. The van der Waals surface area contributed by atoms with Crippen LogP contribution in [0.25, 0.3) is 10.9 Å². The lowest BCUT2D eigenvalue weighted by Crippen LogP contribution is -2.05. The number of para-hydroxylation sites is 1. The fourth-order valence-electron chi connectivity index (χ4n) is 2.31. The minimum absolute atomic E-state index is 0.347. The van der Waals surface area contributed by atoms with Crippen molar-refractivity contribution in [1.82, 2.24) is 14.8 Å². The molecule has 3 rings (SSSR count). The van der Waals surface area contributed by atoms with Gasteiger partial charge in [-0.15, -0.1) is 0 Å². The molecule has 3 aromatic rings. The molecule has 0 aliphatic rings. The maximum Gasteiger partial charge on any atom is 0.141 e. The van der Waals surface area contributed by atoms with Crippen LogP contribution in [0.4, 0.5) is 4.39 Å². The molecule has 5 heteroatoms. The van der Waals surface area contributed by atoms with Gasteiger partial charge in [-0.2, -0.15) is 5.10 Å². The molecule has 1 aromatic carbocycles. The standard InChI is InChI=1S/C15H14FN3O/c1-19-14-5-3-2-4-11(14)13(18-19)8-15(20)12-7-6-10(16)9-17-12/h2-7,9,15,20H,8H2,1H3. The number of aromatic nitrogens is 3. The second-order valence-corrected chi connectivity index (χ2v) is 4.71. The van der Waals surface area contributed by atoms with Crippen molar-refractivity contribution in [2.75, 3.05) is 0 Å². The zero-order valence-corrected chi connectivity index (χ0v) is 11.0. The number of hydrogen-bond acceptors (Lipinski definition) is 3. The molecule has 0 spiro atoms. The number of aliphatic hydroxyl groups excluding tert-OH is 1. The third kappa shape index (κ3) is 2.28. The molecule has 0 aliphatic carbocycles. The first kappa shape index (κ1) is 12.7. The molecule has 0 aliphatic heterocycles. The average Bonchev–Trinajstić information content (AvgIpc) is 2.77. The van der Waals surface area contributed by atoms with Crippen LogP contribution >= 0.6 is 0 Å². The number of benzene rings is 1. The Morgan fingerprint density at radius 3 is 2.80 bits per heavy atom. The lowest BCUT2D eigenvalue weighted by molar-refractivity contribution is 0.172. The molecule has 1 N–H and O–H groups in total. The molecule has 4 nitrogen and oxygen atoms in total. The fraction of sp³-hybridized carbons (Fsp3) is 0.200. The first-order valence-corrected chi connectivity index (χ1v) is 6.35. The SMILES string of the molecule is Cn1nc(CC(O)c2ccc(F)cn2)c2ccccc21. The number of aliphatic hydroxyl groups is 1. The van der Waals surface area contributed by atoms with Crippen molar-refractivity contribution >= 4 is 10.9 Å². The molecule has 102 valence electrons. The zero-order chi connectivity index (χ0) is 14.1. The van der Waals surface area contributed by atoms with Crippen LogP contribution in [0.3, 0.4) is 0 Å². The zero-order valence-electron chi connectivity index (χ0n) is 11.0. The Balaban J connectivity index is 1.91. The van der Waals surface area contributed by atoms with Crippen molar-refractivity contribution in [1.29, 1.82) is 0 Å². The average molecular weight is 271 g/mol. The van der Waals surface area contributed by atoms with Crippen LogP contribution in [0.15, 0.2) is 42.6 Å². The van der Waals surface area contributed by atoms with Gasteiger partial charge >= 0.3 is 0 Å². The summed E-state index contributed by atoms with van der Waals surface area (Å²) >= 11 is 0. The largest absolute Gasteiger partial charge is 0.386 e. The highest BCUT2D eigenvalue weighted by atomic mass is 19.1. The van der Waals surface area contributed by atoms with Gasteiger partial charge in [0, 0.05) is 18.9 Å². The van der Waals surface area contributed by atoms with Gasteiger partial charge in [-0.1, -0.05) is 18.2 Å². The van der Waals surface area contributed by atoms with Crippen LogP contribution in [0.1, 0.15) is 17.5 Å². The molecule has 20 heavy (non-hydrogen) atoms. The monoisotopic (exact) mass is 271 g/mol. The maximum absolute atomic E-state index is 12.8. The summed E-state index contributed by atoms with van der Waals surface area (Å²) in [4.78, 5) is 3.90. The van der Waals surface area contributed by atoms with E-state index in [-0.39, 0.29) is 0 Å². The molecule has 0 saturated carbocycles. The van der Waals surface area contributed by atoms with E-state index in [9.17, 15) is 9.50 Å². The van der Waals surface area contributed by atoms with Gasteiger partial charge in [-0.25, -0.2) is 4.39 Å². The summed E-state index contributed by atoms with van der Waals surface area (Å²) in [5, 5.41) is 15.6. The third-order valence-electron chi connectivity index (χ3n) is 3.31. The number of halogens is 1. The predicted octanol–water partition coefficient (Wildman–Crippen LogP) is 2.38. The molecule has 0 amide bonds. The minimum Gasteiger partial charge on any atom is -0.386 e. The predicted molar refractivity (Wildman–Crippen MR) is 73.6 cm³/mol. The second kappa shape index (κ2) is 5.02. The summed E-state index contributed by atoms with van der Waals surface area (Å²) in [6.07, 6.45) is 0.656. The molecule has 0 radical (unpaired) electrons. The van der Waals surface area contributed by atoms with E-state index >= 15 is 0 Å². The molecule has 0 saturated heterocycles. The summed E-state index contributed by atoms with van der Waals surface area (Å²) in [6.45, 7) is 0. The van der Waals surface area contributed by atoms with Crippen molar-refractivity contribution in [3.63, 3.8) is 0 Å². The summed E-state index contributed by atoms with van der Waals surface area (Å²) in [7, 11) is 1.87. The first-order chi connectivity index (χ1) is 9.65. The molecular weight excluding hydrogens is 257 g/mol. The van der Waals surface area contributed by atoms with E-state index in [2.05, 4.69) is 10.1 Å². The molecule has 1 atom stereocenters. The Labute approximate surface area is 115 Å². The topological polar surface area (TPSA) is 50.9 Å². The Morgan fingerprint density at radius 2 is 2.05 bits per heavy atom. The summed E-state index contributed by atoms with van der Waals surface area (Å²) in [6, 6.07) is 10.6. The van der Waals surface area contributed by atoms with Crippen molar-refractivity contribution in [2.45, 2.75) is 12.5 Å². The molecular formula is C15H14FN3O. The molecule has 2 aromatic heterocycles. The molecule has 0 fully saturated rings. The van der Waals surface area contributed by atoms with Gasteiger partial charge in [-0.3, -0.25) is 9.67 Å². The highest BCUT2D eigenvalue weighted by Gasteiger charge is 2.15. The third-order valence-corrected chi connectivity index (χ3v) is 3.31. The van der Waals surface area contributed by atoms with Gasteiger partial charge in [0.05, 0.1) is 23.1 Å². The van der Waals surface area contributed by atoms with Crippen LogP contribution in [-0.2, 0) is 13.5 Å². The van der Waals surface area contributed by atoms with Crippen LogP contribution in [0.5, 0.6) is 0 Å². The lowest BCUT2D eigenvalue weighted by Gasteiger charge is -2.08. The van der Waals surface area contributed by atoms with E-state index in [4.69, 9.17) is 0 Å². The first-order valence-electron chi connectivity index (χ1n) is 6.35. The number of aryl methyl sites for hydroxylation is 1. The molecule has 2 heterocycles.